The molecular formula is C27H27N5O5S. The van der Waals surface area contributed by atoms with Crippen molar-refractivity contribution in [2.45, 2.75) is 39.2 Å². The molecule has 3 heterocycles. The maximum absolute atomic E-state index is 12.1. The van der Waals surface area contributed by atoms with Crippen LogP contribution in [0.5, 0.6) is 0 Å². The molecule has 4 aromatic rings. The van der Waals surface area contributed by atoms with Gasteiger partial charge in [-0.3, -0.25) is 19.9 Å². The molecule has 0 spiro atoms. The van der Waals surface area contributed by atoms with Crippen molar-refractivity contribution in [3.8, 4) is 22.4 Å². The van der Waals surface area contributed by atoms with Gasteiger partial charge in [-0.05, 0) is 62.1 Å². The molecule has 0 unspecified atom stereocenters. The number of fused-ring (bicyclic) bond motifs is 1. The van der Waals surface area contributed by atoms with Gasteiger partial charge in [0.25, 0.3) is 0 Å². The van der Waals surface area contributed by atoms with Crippen LogP contribution in [0.3, 0.4) is 0 Å². The Morgan fingerprint density at radius 1 is 1.03 bits per heavy atom. The molecule has 2 amide bonds. The Morgan fingerprint density at radius 3 is 2.45 bits per heavy atom. The normalized spacial score (nSPS) is 11.2. The number of urea groups is 1. The van der Waals surface area contributed by atoms with Crippen LogP contribution in [0.2, 0.25) is 0 Å². The quantitative estimate of drug-likeness (QED) is 0.249. The topological polar surface area (TPSA) is 143 Å². The number of anilines is 1. The molecule has 4 rings (SSSR count). The Hall–Kier alpha value is -4.38. The van der Waals surface area contributed by atoms with Crippen molar-refractivity contribution >= 4 is 44.4 Å². The number of rotatable bonds is 9. The molecule has 10 nitrogen and oxygen atoms in total. The average molecular weight is 534 g/mol. The molecular weight excluding hydrogens is 506 g/mol. The van der Waals surface area contributed by atoms with Gasteiger partial charge in [-0.2, -0.15) is 0 Å². The molecule has 196 valence electrons. The standard InChI is InChI=1S/C27H27N5O5S/c1-4-28-26(36)32-21-13-17-11-16(12-19(24(17)38-21)20-7-5-6-10-29-20)18-14-30-25(31-15-18)27(2,3)37-23(35)9-8-22(33)34/h5-7,10-15H,4,8-9H2,1-3H3,(H,33,34)(H2,28,32,36). The van der Waals surface area contributed by atoms with E-state index in [4.69, 9.17) is 9.84 Å². The van der Waals surface area contributed by atoms with E-state index in [9.17, 15) is 14.4 Å². The van der Waals surface area contributed by atoms with Gasteiger partial charge < -0.3 is 15.2 Å². The van der Waals surface area contributed by atoms with Crippen LogP contribution in [0.15, 0.2) is 55.0 Å². The van der Waals surface area contributed by atoms with Gasteiger partial charge in [0.2, 0.25) is 0 Å². The first-order valence-electron chi connectivity index (χ1n) is 12.0. The fraction of sp³-hybridized carbons (Fsp3) is 0.259. The number of aromatic nitrogens is 3. The van der Waals surface area contributed by atoms with E-state index in [-0.39, 0.29) is 18.9 Å². The molecule has 0 fully saturated rings. The van der Waals surface area contributed by atoms with Gasteiger partial charge in [-0.15, -0.1) is 11.3 Å². The van der Waals surface area contributed by atoms with Crippen molar-refractivity contribution in [3.63, 3.8) is 0 Å². The van der Waals surface area contributed by atoms with E-state index >= 15 is 0 Å². The Balaban J connectivity index is 1.66. The molecule has 38 heavy (non-hydrogen) atoms. The molecule has 0 aliphatic rings. The van der Waals surface area contributed by atoms with E-state index < -0.39 is 17.5 Å². The summed E-state index contributed by atoms with van der Waals surface area (Å²) in [7, 11) is 0. The number of hydrogen-bond acceptors (Lipinski definition) is 8. The van der Waals surface area contributed by atoms with Crippen molar-refractivity contribution in [1.82, 2.24) is 20.3 Å². The predicted molar refractivity (Wildman–Crippen MR) is 145 cm³/mol. The summed E-state index contributed by atoms with van der Waals surface area (Å²) < 4.78 is 6.41. The van der Waals surface area contributed by atoms with Crippen LogP contribution in [-0.4, -0.2) is 44.6 Å². The van der Waals surface area contributed by atoms with E-state index in [0.29, 0.717) is 17.4 Å². The fourth-order valence-corrected chi connectivity index (χ4v) is 4.85. The van der Waals surface area contributed by atoms with E-state index in [1.165, 1.54) is 11.3 Å². The van der Waals surface area contributed by atoms with Gasteiger partial charge in [-0.25, -0.2) is 14.8 Å². The highest BCUT2D eigenvalue weighted by atomic mass is 32.1. The minimum atomic E-state index is -1.13. The number of hydrogen-bond donors (Lipinski definition) is 3. The number of carboxylic acid groups (broad SMARTS) is 1. The number of carbonyl (C=O) groups is 3. The third kappa shape index (κ3) is 6.30. The predicted octanol–water partition coefficient (Wildman–Crippen LogP) is 5.20. The third-order valence-corrected chi connectivity index (χ3v) is 6.67. The first kappa shape index (κ1) is 26.7. The summed E-state index contributed by atoms with van der Waals surface area (Å²) in [6, 6.07) is 11.3. The van der Waals surface area contributed by atoms with Crippen molar-refractivity contribution in [3.05, 3.63) is 60.8 Å². The Kier molecular flexibility index (Phi) is 7.96. The number of esters is 1. The summed E-state index contributed by atoms with van der Waals surface area (Å²) in [5, 5.41) is 16.0. The molecule has 3 aromatic heterocycles. The van der Waals surface area contributed by atoms with Gasteiger partial charge in [0, 0.05) is 41.0 Å². The van der Waals surface area contributed by atoms with Crippen molar-refractivity contribution < 1.29 is 24.2 Å². The van der Waals surface area contributed by atoms with E-state index in [2.05, 4.69) is 25.6 Å². The van der Waals surface area contributed by atoms with Gasteiger partial charge in [-0.1, -0.05) is 6.07 Å². The van der Waals surface area contributed by atoms with Gasteiger partial charge in [0.05, 0.1) is 23.5 Å². The van der Waals surface area contributed by atoms with Gasteiger partial charge in [0.15, 0.2) is 11.4 Å². The molecule has 0 radical (unpaired) electrons. The minimum Gasteiger partial charge on any atom is -0.481 e. The summed E-state index contributed by atoms with van der Waals surface area (Å²) in [6.45, 7) is 5.68. The number of aliphatic carboxylic acids is 1. The highest BCUT2D eigenvalue weighted by Crippen LogP contribution is 2.40. The molecule has 0 bridgehead atoms. The summed E-state index contributed by atoms with van der Waals surface area (Å²) in [5.74, 6) is -1.41. The lowest BCUT2D eigenvalue weighted by atomic mass is 10.0. The third-order valence-electron chi connectivity index (χ3n) is 5.57. The molecule has 0 saturated carbocycles. The molecule has 1 aromatic carbocycles. The van der Waals surface area contributed by atoms with Gasteiger partial charge in [0.1, 0.15) is 0 Å². The number of nitrogens with zero attached hydrogens (tertiary/aromatic N) is 3. The maximum Gasteiger partial charge on any atom is 0.319 e. The lowest BCUT2D eigenvalue weighted by Crippen LogP contribution is -2.28. The highest BCUT2D eigenvalue weighted by molar-refractivity contribution is 7.23. The van der Waals surface area contributed by atoms with Crippen LogP contribution >= 0.6 is 11.3 Å². The maximum atomic E-state index is 12.1. The van der Waals surface area contributed by atoms with E-state index in [1.807, 2.05) is 43.3 Å². The smallest absolute Gasteiger partial charge is 0.319 e. The number of pyridine rings is 1. The van der Waals surface area contributed by atoms with Gasteiger partial charge >= 0.3 is 18.0 Å². The highest BCUT2D eigenvalue weighted by Gasteiger charge is 2.29. The minimum absolute atomic E-state index is 0.231. The fourth-order valence-electron chi connectivity index (χ4n) is 3.79. The lowest BCUT2D eigenvalue weighted by Gasteiger charge is -2.23. The van der Waals surface area contributed by atoms with Crippen molar-refractivity contribution in [2.24, 2.45) is 0 Å². The second kappa shape index (κ2) is 11.3. The van der Waals surface area contributed by atoms with E-state index in [0.717, 1.165) is 32.5 Å². The van der Waals surface area contributed by atoms with Crippen molar-refractivity contribution in [1.29, 1.82) is 0 Å². The Labute approximate surface area is 223 Å². The summed E-state index contributed by atoms with van der Waals surface area (Å²) in [5.41, 5.74) is 2.15. The second-order valence-electron chi connectivity index (χ2n) is 8.93. The number of nitrogens with one attached hydrogen (secondary N) is 2. The second-order valence-corrected chi connectivity index (χ2v) is 9.98. The van der Waals surface area contributed by atoms with Crippen LogP contribution in [0.4, 0.5) is 9.80 Å². The molecule has 0 saturated heterocycles. The van der Waals surface area contributed by atoms with Crippen LogP contribution in [0, 0.1) is 0 Å². The van der Waals surface area contributed by atoms with Crippen LogP contribution in [0.1, 0.15) is 39.4 Å². The number of benzene rings is 1. The number of amides is 2. The first-order valence-corrected chi connectivity index (χ1v) is 12.8. The molecule has 0 aliphatic carbocycles. The molecule has 0 atom stereocenters. The monoisotopic (exact) mass is 533 g/mol. The van der Waals surface area contributed by atoms with Crippen LogP contribution < -0.4 is 10.6 Å². The Bertz CT molecular complexity index is 1470. The molecule has 0 aliphatic heterocycles. The molecule has 11 heteroatoms. The number of carboxylic acids is 1. The SMILES string of the molecule is CCNC(=O)Nc1cc2cc(-c3cnc(C(C)(C)OC(=O)CCC(=O)O)nc3)cc(-c3ccccn3)c2s1. The Morgan fingerprint density at radius 2 is 1.79 bits per heavy atom. The van der Waals surface area contributed by atoms with Crippen LogP contribution in [-0.2, 0) is 19.9 Å². The number of ether oxygens (including phenoxy) is 1. The summed E-state index contributed by atoms with van der Waals surface area (Å²) in [4.78, 5) is 48.3. The van der Waals surface area contributed by atoms with Crippen LogP contribution in [0.25, 0.3) is 32.5 Å². The summed E-state index contributed by atoms with van der Waals surface area (Å²) >= 11 is 1.47. The largest absolute Gasteiger partial charge is 0.481 e. The molecule has 3 N–H and O–H groups in total. The average Bonchev–Trinajstić information content (AvgIpc) is 3.29. The number of thiophene rings is 1. The zero-order chi connectivity index (χ0) is 27.3. The zero-order valence-corrected chi connectivity index (χ0v) is 22.0. The zero-order valence-electron chi connectivity index (χ0n) is 21.1. The summed E-state index contributed by atoms with van der Waals surface area (Å²) in [6.07, 6.45) is 4.49. The van der Waals surface area contributed by atoms with E-state index in [1.54, 1.807) is 32.4 Å². The first-order chi connectivity index (χ1) is 18.2. The van der Waals surface area contributed by atoms with Crippen molar-refractivity contribution in [2.75, 3.05) is 11.9 Å². The number of carbonyl (C=O) groups excluding carboxylic acids is 2. The lowest BCUT2D eigenvalue weighted by molar-refractivity contribution is -0.160.